The standard InChI is InChI=1S/C18H25N3O5S/c1-26-16-6-4-3-5-12(16)9-19-18(23)13-7-14-10-21(27(2,24)25)11-17(22)20-15(14)8-13/h3-6,13-15H,7-11H2,1-2H3,(H,19,23)(H,20,22)/t13-,14+,15+/m0/s1. The molecule has 27 heavy (non-hydrogen) atoms. The third kappa shape index (κ3) is 4.59. The minimum Gasteiger partial charge on any atom is -0.496 e. The number of ether oxygens (including phenoxy) is 1. The molecule has 0 bridgehead atoms. The highest BCUT2D eigenvalue weighted by atomic mass is 32.2. The van der Waals surface area contributed by atoms with Crippen molar-refractivity contribution in [2.45, 2.75) is 25.4 Å². The number of nitrogens with one attached hydrogen (secondary N) is 2. The Labute approximate surface area is 159 Å². The fraction of sp³-hybridized carbons (Fsp3) is 0.556. The van der Waals surface area contributed by atoms with Crippen LogP contribution in [0.3, 0.4) is 0 Å². The smallest absolute Gasteiger partial charge is 0.235 e. The van der Waals surface area contributed by atoms with Crippen LogP contribution < -0.4 is 15.4 Å². The van der Waals surface area contributed by atoms with Gasteiger partial charge >= 0.3 is 0 Å². The molecular weight excluding hydrogens is 370 g/mol. The van der Waals surface area contributed by atoms with Crippen LogP contribution in [-0.2, 0) is 26.2 Å². The molecule has 3 atom stereocenters. The monoisotopic (exact) mass is 395 g/mol. The molecule has 0 radical (unpaired) electrons. The van der Waals surface area contributed by atoms with Gasteiger partial charge in [-0.3, -0.25) is 9.59 Å². The second-order valence-corrected chi connectivity index (χ2v) is 9.17. The highest BCUT2D eigenvalue weighted by molar-refractivity contribution is 7.88. The number of sulfonamides is 1. The van der Waals surface area contributed by atoms with E-state index in [1.807, 2.05) is 24.3 Å². The normalized spacial score (nSPS) is 26.0. The van der Waals surface area contributed by atoms with Gasteiger partial charge in [0.15, 0.2) is 0 Å². The number of fused-ring (bicyclic) bond motifs is 1. The first-order chi connectivity index (χ1) is 12.8. The highest BCUT2D eigenvalue weighted by Gasteiger charge is 2.42. The van der Waals surface area contributed by atoms with Gasteiger partial charge in [-0.2, -0.15) is 4.31 Å². The Morgan fingerprint density at radius 3 is 2.78 bits per heavy atom. The van der Waals surface area contributed by atoms with Crippen molar-refractivity contribution in [3.63, 3.8) is 0 Å². The summed E-state index contributed by atoms with van der Waals surface area (Å²) in [5.41, 5.74) is 0.886. The zero-order valence-electron chi connectivity index (χ0n) is 15.5. The third-order valence-electron chi connectivity index (χ3n) is 5.28. The molecule has 1 saturated heterocycles. The number of hydrogen-bond acceptors (Lipinski definition) is 5. The minimum atomic E-state index is -3.45. The molecule has 1 aromatic rings. The van der Waals surface area contributed by atoms with Crippen LogP contribution >= 0.6 is 0 Å². The van der Waals surface area contributed by atoms with Crippen LogP contribution in [0.15, 0.2) is 24.3 Å². The molecule has 0 aromatic heterocycles. The van der Waals surface area contributed by atoms with Crippen molar-refractivity contribution in [1.29, 1.82) is 0 Å². The van der Waals surface area contributed by atoms with Crippen molar-refractivity contribution in [3.05, 3.63) is 29.8 Å². The van der Waals surface area contributed by atoms with Crippen molar-refractivity contribution in [2.75, 3.05) is 26.5 Å². The van der Waals surface area contributed by atoms with Gasteiger partial charge < -0.3 is 15.4 Å². The number of carbonyl (C=O) groups excluding carboxylic acids is 2. The SMILES string of the molecule is COc1ccccc1CNC(=O)[C@H]1C[C@@H]2CN(S(C)(=O)=O)CC(=O)N[C@@H]2C1. The van der Waals surface area contributed by atoms with Gasteiger partial charge in [0.1, 0.15) is 5.75 Å². The zero-order chi connectivity index (χ0) is 19.6. The van der Waals surface area contributed by atoms with E-state index >= 15 is 0 Å². The molecule has 1 saturated carbocycles. The van der Waals surface area contributed by atoms with Crippen LogP contribution in [0.25, 0.3) is 0 Å². The Kier molecular flexibility index (Phi) is 5.71. The second kappa shape index (κ2) is 7.85. The summed E-state index contributed by atoms with van der Waals surface area (Å²) in [6, 6.07) is 7.30. The molecule has 1 heterocycles. The molecule has 2 amide bonds. The van der Waals surface area contributed by atoms with Crippen LogP contribution in [0.5, 0.6) is 5.75 Å². The summed E-state index contributed by atoms with van der Waals surface area (Å²) < 4.78 is 30.2. The Bertz CT molecular complexity index is 826. The highest BCUT2D eigenvalue weighted by Crippen LogP contribution is 2.34. The molecule has 1 aliphatic carbocycles. The van der Waals surface area contributed by atoms with E-state index in [9.17, 15) is 18.0 Å². The average molecular weight is 395 g/mol. The molecule has 2 N–H and O–H groups in total. The van der Waals surface area contributed by atoms with E-state index in [0.717, 1.165) is 11.8 Å². The molecule has 9 heteroatoms. The van der Waals surface area contributed by atoms with Crippen molar-refractivity contribution < 1.29 is 22.7 Å². The van der Waals surface area contributed by atoms with E-state index in [0.29, 0.717) is 25.1 Å². The number of methoxy groups -OCH3 is 1. The Morgan fingerprint density at radius 1 is 1.33 bits per heavy atom. The largest absolute Gasteiger partial charge is 0.496 e. The molecule has 2 aliphatic rings. The molecule has 1 aromatic carbocycles. The van der Waals surface area contributed by atoms with Crippen molar-refractivity contribution >= 4 is 21.8 Å². The van der Waals surface area contributed by atoms with Gasteiger partial charge in [-0.1, -0.05) is 18.2 Å². The summed E-state index contributed by atoms with van der Waals surface area (Å²) in [5, 5.41) is 5.80. The van der Waals surface area contributed by atoms with E-state index in [2.05, 4.69) is 10.6 Å². The lowest BCUT2D eigenvalue weighted by Crippen LogP contribution is -2.39. The van der Waals surface area contributed by atoms with Gasteiger partial charge in [0.2, 0.25) is 21.8 Å². The topological polar surface area (TPSA) is 105 Å². The van der Waals surface area contributed by atoms with Gasteiger partial charge in [0.25, 0.3) is 0 Å². The van der Waals surface area contributed by atoms with E-state index in [-0.39, 0.29) is 42.8 Å². The maximum absolute atomic E-state index is 12.6. The molecule has 0 spiro atoms. The predicted molar refractivity (Wildman–Crippen MR) is 99.4 cm³/mol. The lowest BCUT2D eigenvalue weighted by Gasteiger charge is -2.20. The molecule has 8 nitrogen and oxygen atoms in total. The van der Waals surface area contributed by atoms with Crippen molar-refractivity contribution in [2.24, 2.45) is 11.8 Å². The van der Waals surface area contributed by atoms with Crippen molar-refractivity contribution in [3.8, 4) is 5.75 Å². The van der Waals surface area contributed by atoms with Crippen LogP contribution in [-0.4, -0.2) is 57.0 Å². The third-order valence-corrected chi connectivity index (χ3v) is 6.50. The van der Waals surface area contributed by atoms with Crippen LogP contribution in [0.2, 0.25) is 0 Å². The summed E-state index contributed by atoms with van der Waals surface area (Å²) >= 11 is 0. The summed E-state index contributed by atoms with van der Waals surface area (Å²) in [7, 11) is -1.87. The quantitative estimate of drug-likeness (QED) is 0.736. The van der Waals surface area contributed by atoms with E-state index in [4.69, 9.17) is 4.74 Å². The van der Waals surface area contributed by atoms with Crippen LogP contribution in [0, 0.1) is 11.8 Å². The number of amides is 2. The minimum absolute atomic E-state index is 0.0619. The number of rotatable bonds is 5. The summed E-state index contributed by atoms with van der Waals surface area (Å²) in [4.78, 5) is 24.6. The van der Waals surface area contributed by atoms with Crippen molar-refractivity contribution in [1.82, 2.24) is 14.9 Å². The van der Waals surface area contributed by atoms with E-state index < -0.39 is 10.0 Å². The first-order valence-corrected chi connectivity index (χ1v) is 10.8. The Hall–Kier alpha value is -2.13. The first kappa shape index (κ1) is 19.6. The van der Waals surface area contributed by atoms with Gasteiger partial charge in [-0.25, -0.2) is 8.42 Å². The number of carbonyl (C=O) groups is 2. The maximum atomic E-state index is 12.6. The fourth-order valence-corrected chi connectivity index (χ4v) is 4.70. The summed E-state index contributed by atoms with van der Waals surface area (Å²) in [6.07, 6.45) is 2.17. The Morgan fingerprint density at radius 2 is 2.07 bits per heavy atom. The summed E-state index contributed by atoms with van der Waals surface area (Å²) in [6.45, 7) is 0.464. The number of benzene rings is 1. The maximum Gasteiger partial charge on any atom is 0.235 e. The predicted octanol–water partition coefficient (Wildman–Crippen LogP) is 0.0976. The molecular formula is C18H25N3O5S. The molecule has 2 fully saturated rings. The van der Waals surface area contributed by atoms with Crippen LogP contribution in [0.4, 0.5) is 0 Å². The molecule has 0 unspecified atom stereocenters. The average Bonchev–Trinajstić information content (AvgIpc) is 2.93. The van der Waals surface area contributed by atoms with Gasteiger partial charge in [-0.15, -0.1) is 0 Å². The molecule has 3 rings (SSSR count). The number of hydrogen-bond donors (Lipinski definition) is 2. The second-order valence-electron chi connectivity index (χ2n) is 7.19. The lowest BCUT2D eigenvalue weighted by atomic mass is 10.0. The van der Waals surface area contributed by atoms with Gasteiger partial charge in [0.05, 0.1) is 19.9 Å². The first-order valence-electron chi connectivity index (χ1n) is 8.92. The summed E-state index contributed by atoms with van der Waals surface area (Å²) in [5.74, 6) is -0.00900. The zero-order valence-corrected chi connectivity index (χ0v) is 16.3. The van der Waals surface area contributed by atoms with Gasteiger partial charge in [0, 0.05) is 30.6 Å². The molecule has 1 aliphatic heterocycles. The number of nitrogens with zero attached hydrogens (tertiary/aromatic N) is 1. The van der Waals surface area contributed by atoms with Crippen LogP contribution in [0.1, 0.15) is 18.4 Å². The van der Waals surface area contributed by atoms with E-state index in [1.54, 1.807) is 7.11 Å². The fourth-order valence-electron chi connectivity index (χ4n) is 3.88. The van der Waals surface area contributed by atoms with Gasteiger partial charge in [-0.05, 0) is 24.8 Å². The lowest BCUT2D eigenvalue weighted by molar-refractivity contribution is -0.125. The van der Waals surface area contributed by atoms with E-state index in [1.165, 1.54) is 4.31 Å². The Balaban J connectivity index is 1.63. The number of para-hydroxylation sites is 1. The molecule has 148 valence electrons.